The van der Waals surface area contributed by atoms with Crippen LogP contribution in [0.1, 0.15) is 15.9 Å². The molecule has 2 aliphatic rings. The molecule has 20 heavy (non-hydrogen) atoms. The Kier molecular flexibility index (Phi) is 4.00. The lowest BCUT2D eigenvalue weighted by atomic mass is 10.0. The smallest absolute Gasteiger partial charge is 0.335 e. The molecule has 2 heterocycles. The van der Waals surface area contributed by atoms with Crippen molar-refractivity contribution in [2.24, 2.45) is 0 Å². The summed E-state index contributed by atoms with van der Waals surface area (Å²) in [5, 5.41) is 12.3. The van der Waals surface area contributed by atoms with Crippen molar-refractivity contribution in [2.45, 2.75) is 12.6 Å². The van der Waals surface area contributed by atoms with E-state index in [4.69, 9.17) is 5.11 Å². The Morgan fingerprint density at radius 2 is 1.85 bits per heavy atom. The minimum atomic E-state index is -0.862. The van der Waals surface area contributed by atoms with E-state index in [1.807, 2.05) is 12.1 Å². The zero-order valence-corrected chi connectivity index (χ0v) is 11.6. The van der Waals surface area contributed by atoms with E-state index in [-0.39, 0.29) is 0 Å². The van der Waals surface area contributed by atoms with Gasteiger partial charge in [-0.05, 0) is 17.7 Å². The first-order valence-electron chi connectivity index (χ1n) is 7.22. The SMILES string of the molecule is O=C(O)c1ccc(CN2CC(N3CCNCC3)C2)cc1. The summed E-state index contributed by atoms with van der Waals surface area (Å²) in [4.78, 5) is 15.8. The molecule has 0 amide bonds. The highest BCUT2D eigenvalue weighted by atomic mass is 16.4. The molecule has 1 aromatic rings. The second-order valence-electron chi connectivity index (χ2n) is 5.64. The monoisotopic (exact) mass is 275 g/mol. The van der Waals surface area contributed by atoms with Gasteiger partial charge in [0.05, 0.1) is 5.56 Å². The second kappa shape index (κ2) is 5.91. The average Bonchev–Trinajstić information content (AvgIpc) is 2.44. The van der Waals surface area contributed by atoms with Crippen LogP contribution < -0.4 is 5.32 Å². The number of piperazine rings is 1. The number of hydrogen-bond acceptors (Lipinski definition) is 4. The first kappa shape index (κ1) is 13.5. The van der Waals surface area contributed by atoms with Gasteiger partial charge in [-0.25, -0.2) is 4.79 Å². The summed E-state index contributed by atoms with van der Waals surface area (Å²) in [6, 6.07) is 7.91. The number of nitrogens with one attached hydrogen (secondary N) is 1. The summed E-state index contributed by atoms with van der Waals surface area (Å²) in [5.41, 5.74) is 1.55. The molecule has 108 valence electrons. The van der Waals surface area contributed by atoms with E-state index in [1.54, 1.807) is 12.1 Å². The Labute approximate surface area is 119 Å². The van der Waals surface area contributed by atoms with E-state index in [0.717, 1.165) is 45.8 Å². The highest BCUT2D eigenvalue weighted by Gasteiger charge is 2.31. The third-order valence-corrected chi connectivity index (χ3v) is 4.21. The van der Waals surface area contributed by atoms with Crippen LogP contribution in [0.4, 0.5) is 0 Å². The fourth-order valence-corrected chi connectivity index (χ4v) is 2.96. The molecule has 0 bridgehead atoms. The summed E-state index contributed by atoms with van der Waals surface area (Å²) in [6.07, 6.45) is 0. The molecule has 0 unspecified atom stereocenters. The van der Waals surface area contributed by atoms with Gasteiger partial charge in [-0.15, -0.1) is 0 Å². The Morgan fingerprint density at radius 3 is 2.45 bits per heavy atom. The predicted octanol–water partition coefficient (Wildman–Crippen LogP) is 0.474. The van der Waals surface area contributed by atoms with Crippen molar-refractivity contribution in [3.63, 3.8) is 0 Å². The van der Waals surface area contributed by atoms with Gasteiger partial charge in [0, 0.05) is 51.9 Å². The molecule has 0 saturated carbocycles. The van der Waals surface area contributed by atoms with Crippen molar-refractivity contribution in [3.8, 4) is 0 Å². The topological polar surface area (TPSA) is 55.8 Å². The first-order chi connectivity index (χ1) is 9.72. The van der Waals surface area contributed by atoms with Crippen LogP contribution in [0.2, 0.25) is 0 Å². The summed E-state index contributed by atoms with van der Waals surface area (Å²) in [5.74, 6) is -0.862. The third kappa shape index (κ3) is 3.00. The average molecular weight is 275 g/mol. The maximum Gasteiger partial charge on any atom is 0.335 e. The summed E-state index contributed by atoms with van der Waals surface area (Å²) in [7, 11) is 0. The van der Waals surface area contributed by atoms with Crippen LogP contribution in [0.25, 0.3) is 0 Å². The maximum absolute atomic E-state index is 10.8. The zero-order valence-electron chi connectivity index (χ0n) is 11.6. The molecular weight excluding hydrogens is 254 g/mol. The standard InChI is InChI=1S/C15H21N3O2/c19-15(20)13-3-1-12(2-4-13)9-17-10-14(11-17)18-7-5-16-6-8-18/h1-4,14,16H,5-11H2,(H,19,20). The number of nitrogens with zero attached hydrogens (tertiary/aromatic N) is 2. The van der Waals surface area contributed by atoms with E-state index in [2.05, 4.69) is 15.1 Å². The van der Waals surface area contributed by atoms with Crippen molar-refractivity contribution in [2.75, 3.05) is 39.3 Å². The predicted molar refractivity (Wildman–Crippen MR) is 76.9 cm³/mol. The molecule has 2 aliphatic heterocycles. The summed E-state index contributed by atoms with van der Waals surface area (Å²) in [6.45, 7) is 7.70. The normalized spacial score (nSPS) is 21.6. The molecule has 0 aromatic heterocycles. The number of benzene rings is 1. The number of aromatic carboxylic acids is 1. The molecule has 0 atom stereocenters. The van der Waals surface area contributed by atoms with E-state index >= 15 is 0 Å². The van der Waals surface area contributed by atoms with Gasteiger partial charge in [-0.2, -0.15) is 0 Å². The van der Waals surface area contributed by atoms with E-state index < -0.39 is 5.97 Å². The van der Waals surface area contributed by atoms with Crippen LogP contribution >= 0.6 is 0 Å². The molecule has 5 heteroatoms. The molecule has 2 fully saturated rings. The largest absolute Gasteiger partial charge is 0.478 e. The summed E-state index contributed by atoms with van der Waals surface area (Å²) >= 11 is 0. The molecule has 2 N–H and O–H groups in total. The Morgan fingerprint density at radius 1 is 1.20 bits per heavy atom. The van der Waals surface area contributed by atoms with Gasteiger partial charge in [0.25, 0.3) is 0 Å². The van der Waals surface area contributed by atoms with Gasteiger partial charge in [0.15, 0.2) is 0 Å². The van der Waals surface area contributed by atoms with Crippen molar-refractivity contribution in [1.82, 2.24) is 15.1 Å². The highest BCUT2D eigenvalue weighted by Crippen LogP contribution is 2.18. The van der Waals surface area contributed by atoms with Gasteiger partial charge < -0.3 is 10.4 Å². The highest BCUT2D eigenvalue weighted by molar-refractivity contribution is 5.87. The number of likely N-dealkylation sites (tertiary alicyclic amines) is 1. The Bertz CT molecular complexity index is 463. The minimum Gasteiger partial charge on any atom is -0.478 e. The van der Waals surface area contributed by atoms with Crippen LogP contribution in [-0.2, 0) is 6.54 Å². The molecule has 0 aliphatic carbocycles. The molecule has 3 rings (SSSR count). The van der Waals surface area contributed by atoms with Crippen LogP contribution in [0.3, 0.4) is 0 Å². The second-order valence-corrected chi connectivity index (χ2v) is 5.64. The Hall–Kier alpha value is -1.43. The van der Waals surface area contributed by atoms with Crippen LogP contribution in [-0.4, -0.2) is 66.2 Å². The van der Waals surface area contributed by atoms with E-state index in [9.17, 15) is 4.79 Å². The zero-order chi connectivity index (χ0) is 13.9. The van der Waals surface area contributed by atoms with Crippen molar-refractivity contribution in [3.05, 3.63) is 35.4 Å². The van der Waals surface area contributed by atoms with Crippen LogP contribution in [0.5, 0.6) is 0 Å². The first-order valence-corrected chi connectivity index (χ1v) is 7.22. The third-order valence-electron chi connectivity index (χ3n) is 4.21. The fraction of sp³-hybridized carbons (Fsp3) is 0.533. The number of carboxylic acids is 1. The maximum atomic E-state index is 10.8. The van der Waals surface area contributed by atoms with Gasteiger partial charge in [-0.1, -0.05) is 12.1 Å². The lowest BCUT2D eigenvalue weighted by Crippen LogP contribution is -2.62. The van der Waals surface area contributed by atoms with Gasteiger partial charge >= 0.3 is 5.97 Å². The number of carboxylic acid groups (broad SMARTS) is 1. The molecule has 2 saturated heterocycles. The fourth-order valence-electron chi connectivity index (χ4n) is 2.96. The Balaban J connectivity index is 1.47. The van der Waals surface area contributed by atoms with E-state index in [0.29, 0.717) is 11.6 Å². The van der Waals surface area contributed by atoms with Crippen molar-refractivity contribution < 1.29 is 9.90 Å². The van der Waals surface area contributed by atoms with E-state index in [1.165, 1.54) is 5.56 Å². The molecule has 1 aromatic carbocycles. The van der Waals surface area contributed by atoms with Crippen LogP contribution in [0, 0.1) is 0 Å². The van der Waals surface area contributed by atoms with Gasteiger partial charge in [0.1, 0.15) is 0 Å². The lowest BCUT2D eigenvalue weighted by molar-refractivity contribution is 0.0223. The van der Waals surface area contributed by atoms with Crippen LogP contribution in [0.15, 0.2) is 24.3 Å². The van der Waals surface area contributed by atoms with Crippen molar-refractivity contribution >= 4 is 5.97 Å². The lowest BCUT2D eigenvalue weighted by Gasteiger charge is -2.46. The number of rotatable bonds is 4. The van der Waals surface area contributed by atoms with Crippen molar-refractivity contribution in [1.29, 1.82) is 0 Å². The van der Waals surface area contributed by atoms with Gasteiger partial charge in [0.2, 0.25) is 0 Å². The molecule has 5 nitrogen and oxygen atoms in total. The van der Waals surface area contributed by atoms with Gasteiger partial charge in [-0.3, -0.25) is 9.80 Å². The summed E-state index contributed by atoms with van der Waals surface area (Å²) < 4.78 is 0. The number of carbonyl (C=O) groups is 1. The molecule has 0 spiro atoms. The number of hydrogen-bond donors (Lipinski definition) is 2. The molecule has 0 radical (unpaired) electrons. The molecular formula is C15H21N3O2. The minimum absolute atomic E-state index is 0.357. The quantitative estimate of drug-likeness (QED) is 0.837.